The molecule has 0 amide bonds. The minimum Gasteiger partial charge on any atom is -0.458 e. The highest BCUT2D eigenvalue weighted by molar-refractivity contribution is 7.17. The third kappa shape index (κ3) is 3.55. The van der Waals surface area contributed by atoms with Crippen LogP contribution in [0.1, 0.15) is 30.4 Å². The number of thiazole rings is 1. The van der Waals surface area contributed by atoms with Crippen molar-refractivity contribution in [2.75, 3.05) is 24.5 Å². The highest BCUT2D eigenvalue weighted by Crippen LogP contribution is 2.25. The molecule has 7 heteroatoms. The van der Waals surface area contributed by atoms with Crippen molar-refractivity contribution in [1.82, 2.24) is 10.3 Å². The van der Waals surface area contributed by atoms with Crippen LogP contribution in [0, 0.1) is 0 Å². The Kier molecular flexibility index (Phi) is 4.39. The first kappa shape index (κ1) is 14.9. The van der Waals surface area contributed by atoms with E-state index in [1.807, 2.05) is 25.7 Å². The van der Waals surface area contributed by atoms with Crippen LogP contribution < -0.4 is 10.2 Å². The number of nitrogens with zero attached hydrogens (tertiary/aromatic N) is 2. The molecule has 2 heterocycles. The molecular formula is C13H19N3O3S. The number of esters is 1. The number of ether oxygens (including phenoxy) is 1. The van der Waals surface area contributed by atoms with Crippen molar-refractivity contribution in [3.63, 3.8) is 0 Å². The number of aldehydes is 1. The monoisotopic (exact) mass is 297 g/mol. The summed E-state index contributed by atoms with van der Waals surface area (Å²) >= 11 is 1.29. The lowest BCUT2D eigenvalue weighted by molar-refractivity contribution is -0.156. The smallest absolute Gasteiger partial charge is 0.330 e. The second kappa shape index (κ2) is 5.88. The predicted molar refractivity (Wildman–Crippen MR) is 77.4 cm³/mol. The molecule has 1 unspecified atom stereocenters. The molecular weight excluding hydrogens is 278 g/mol. The second-order valence-corrected chi connectivity index (χ2v) is 6.65. The number of anilines is 1. The molecule has 1 N–H and O–H groups in total. The molecule has 110 valence electrons. The Balaban J connectivity index is 2.16. The zero-order valence-electron chi connectivity index (χ0n) is 11.9. The van der Waals surface area contributed by atoms with E-state index < -0.39 is 11.6 Å². The minimum atomic E-state index is -0.517. The SMILES string of the molecule is CC(C)(C)OC(=O)C1CNCCN1c1ncc(C=O)s1. The summed E-state index contributed by atoms with van der Waals surface area (Å²) in [5.41, 5.74) is -0.517. The highest BCUT2D eigenvalue weighted by Gasteiger charge is 2.33. The zero-order chi connectivity index (χ0) is 14.8. The Labute approximate surface area is 122 Å². The zero-order valence-corrected chi connectivity index (χ0v) is 12.7. The van der Waals surface area contributed by atoms with Gasteiger partial charge in [-0.3, -0.25) is 4.79 Å². The lowest BCUT2D eigenvalue weighted by Gasteiger charge is -2.35. The van der Waals surface area contributed by atoms with Gasteiger partial charge in [0.25, 0.3) is 0 Å². The number of carbonyl (C=O) groups excluding carboxylic acids is 2. The third-order valence-corrected chi connectivity index (χ3v) is 3.76. The summed E-state index contributed by atoms with van der Waals surface area (Å²) in [4.78, 5) is 29.7. The number of carbonyl (C=O) groups is 2. The maximum absolute atomic E-state index is 12.3. The molecule has 1 aliphatic heterocycles. The standard InChI is InChI=1S/C13H19N3O3S/c1-13(2,3)19-11(18)10-7-14-4-5-16(10)12-15-6-9(8-17)20-12/h6,8,10,14H,4-5,7H2,1-3H3. The topological polar surface area (TPSA) is 71.5 Å². The van der Waals surface area contributed by atoms with Gasteiger partial charge in [-0.15, -0.1) is 0 Å². The fourth-order valence-corrected chi connectivity index (χ4v) is 2.78. The van der Waals surface area contributed by atoms with Gasteiger partial charge in [0.15, 0.2) is 11.4 Å². The first-order chi connectivity index (χ1) is 9.40. The fraction of sp³-hybridized carbons (Fsp3) is 0.615. The average molecular weight is 297 g/mol. The van der Waals surface area contributed by atoms with Crippen LogP contribution in [0.4, 0.5) is 5.13 Å². The van der Waals surface area contributed by atoms with E-state index in [0.29, 0.717) is 23.1 Å². The van der Waals surface area contributed by atoms with Gasteiger partial charge in [0.2, 0.25) is 0 Å². The Hall–Kier alpha value is -1.47. The van der Waals surface area contributed by atoms with E-state index in [0.717, 1.165) is 12.8 Å². The molecule has 1 aromatic heterocycles. The maximum Gasteiger partial charge on any atom is 0.330 e. The lowest BCUT2D eigenvalue weighted by atomic mass is 10.1. The Morgan fingerprint density at radius 1 is 1.60 bits per heavy atom. The third-order valence-electron chi connectivity index (χ3n) is 2.80. The van der Waals surface area contributed by atoms with Crippen molar-refractivity contribution < 1.29 is 14.3 Å². The van der Waals surface area contributed by atoms with Gasteiger partial charge >= 0.3 is 5.97 Å². The molecule has 1 atom stereocenters. The molecule has 0 spiro atoms. The normalized spacial score (nSPS) is 19.8. The molecule has 1 saturated heterocycles. The molecule has 0 radical (unpaired) electrons. The first-order valence-electron chi connectivity index (χ1n) is 6.52. The van der Waals surface area contributed by atoms with Crippen LogP contribution in [0.5, 0.6) is 0 Å². The van der Waals surface area contributed by atoms with E-state index >= 15 is 0 Å². The van der Waals surface area contributed by atoms with Crippen molar-refractivity contribution in [1.29, 1.82) is 0 Å². The molecule has 0 bridgehead atoms. The number of hydrogen-bond acceptors (Lipinski definition) is 7. The van der Waals surface area contributed by atoms with Crippen LogP contribution >= 0.6 is 11.3 Å². The molecule has 1 aromatic rings. The Morgan fingerprint density at radius 3 is 2.95 bits per heavy atom. The van der Waals surface area contributed by atoms with Crippen molar-refractivity contribution in [2.24, 2.45) is 0 Å². The van der Waals surface area contributed by atoms with E-state index in [-0.39, 0.29) is 5.97 Å². The Morgan fingerprint density at radius 2 is 2.35 bits per heavy atom. The average Bonchev–Trinajstić information content (AvgIpc) is 2.85. The van der Waals surface area contributed by atoms with Gasteiger partial charge < -0.3 is 15.0 Å². The van der Waals surface area contributed by atoms with Crippen LogP contribution in [0.3, 0.4) is 0 Å². The van der Waals surface area contributed by atoms with E-state index in [1.165, 1.54) is 17.5 Å². The number of aromatic nitrogens is 1. The molecule has 0 aromatic carbocycles. The van der Waals surface area contributed by atoms with Gasteiger partial charge in [-0.05, 0) is 20.8 Å². The quantitative estimate of drug-likeness (QED) is 0.665. The summed E-state index contributed by atoms with van der Waals surface area (Å²) in [5, 5.41) is 3.87. The van der Waals surface area contributed by atoms with E-state index in [4.69, 9.17) is 4.74 Å². The minimum absolute atomic E-state index is 0.271. The van der Waals surface area contributed by atoms with Gasteiger partial charge in [-0.25, -0.2) is 9.78 Å². The molecule has 0 aliphatic carbocycles. The van der Waals surface area contributed by atoms with E-state index in [1.54, 1.807) is 0 Å². The number of piperazine rings is 1. The predicted octanol–water partition coefficient (Wildman–Crippen LogP) is 1.08. The highest BCUT2D eigenvalue weighted by atomic mass is 32.1. The number of rotatable bonds is 3. The van der Waals surface area contributed by atoms with Crippen LogP contribution in [0.15, 0.2) is 6.20 Å². The lowest BCUT2D eigenvalue weighted by Crippen LogP contribution is -2.56. The molecule has 2 rings (SSSR count). The number of nitrogens with one attached hydrogen (secondary N) is 1. The molecule has 6 nitrogen and oxygen atoms in total. The van der Waals surface area contributed by atoms with Gasteiger partial charge in [-0.1, -0.05) is 11.3 Å². The molecule has 20 heavy (non-hydrogen) atoms. The van der Waals surface area contributed by atoms with Gasteiger partial charge in [-0.2, -0.15) is 0 Å². The van der Waals surface area contributed by atoms with Gasteiger partial charge in [0.05, 0.1) is 11.1 Å². The molecule has 0 saturated carbocycles. The largest absolute Gasteiger partial charge is 0.458 e. The summed E-state index contributed by atoms with van der Waals surface area (Å²) in [6.45, 7) is 7.49. The van der Waals surface area contributed by atoms with E-state index in [9.17, 15) is 9.59 Å². The van der Waals surface area contributed by atoms with Crippen LogP contribution in [0.2, 0.25) is 0 Å². The van der Waals surface area contributed by atoms with Crippen LogP contribution in [-0.4, -0.2) is 48.5 Å². The van der Waals surface area contributed by atoms with Crippen LogP contribution in [0.25, 0.3) is 0 Å². The molecule has 1 fully saturated rings. The second-order valence-electron chi connectivity index (χ2n) is 5.61. The van der Waals surface area contributed by atoms with Crippen LogP contribution in [-0.2, 0) is 9.53 Å². The van der Waals surface area contributed by atoms with Gasteiger partial charge in [0, 0.05) is 19.6 Å². The fourth-order valence-electron chi connectivity index (χ4n) is 1.98. The van der Waals surface area contributed by atoms with Gasteiger partial charge in [0.1, 0.15) is 11.6 Å². The summed E-state index contributed by atoms with van der Waals surface area (Å²) in [5.74, 6) is -0.271. The number of hydrogen-bond donors (Lipinski definition) is 1. The van der Waals surface area contributed by atoms with Crippen molar-refractivity contribution in [3.8, 4) is 0 Å². The van der Waals surface area contributed by atoms with Crippen molar-refractivity contribution >= 4 is 28.7 Å². The summed E-state index contributed by atoms with van der Waals surface area (Å²) < 4.78 is 5.45. The maximum atomic E-state index is 12.3. The van der Waals surface area contributed by atoms with E-state index in [2.05, 4.69) is 10.3 Å². The summed E-state index contributed by atoms with van der Waals surface area (Å²) in [7, 11) is 0. The summed E-state index contributed by atoms with van der Waals surface area (Å²) in [6, 6.07) is -0.409. The molecule has 1 aliphatic rings. The van der Waals surface area contributed by atoms with Crippen molar-refractivity contribution in [3.05, 3.63) is 11.1 Å². The Bertz CT molecular complexity index is 495. The van der Waals surface area contributed by atoms with Crippen molar-refractivity contribution in [2.45, 2.75) is 32.4 Å². The summed E-state index contributed by atoms with van der Waals surface area (Å²) in [6.07, 6.45) is 2.30. The first-order valence-corrected chi connectivity index (χ1v) is 7.33.